The second kappa shape index (κ2) is 6.36. The Morgan fingerprint density at radius 3 is 2.63 bits per heavy atom. The molecule has 0 atom stereocenters. The van der Waals surface area contributed by atoms with E-state index in [1.54, 1.807) is 6.92 Å². The second-order valence-electron chi connectivity index (χ2n) is 4.27. The van der Waals surface area contributed by atoms with E-state index in [0.29, 0.717) is 10.6 Å². The Kier molecular flexibility index (Phi) is 5.33. The van der Waals surface area contributed by atoms with Gasteiger partial charge in [0.15, 0.2) is 0 Å². The first-order valence-electron chi connectivity index (χ1n) is 5.67. The highest BCUT2D eigenvalue weighted by molar-refractivity contribution is 7.92. The molecule has 0 fully saturated rings. The minimum Gasteiger partial charge on any atom is -0.477 e. The van der Waals surface area contributed by atoms with Gasteiger partial charge in [-0.3, -0.25) is 4.72 Å². The number of carboxylic acid groups (broad SMARTS) is 1. The average molecular weight is 307 g/mol. The molecule has 1 aromatic rings. The molecule has 0 aliphatic carbocycles. The molecule has 0 aliphatic rings. The SMILES string of the molecule is Cc1cc(NS(=O)(=O)CCOC(C)C)sc1C(=O)O. The third-order valence-electron chi connectivity index (χ3n) is 2.17. The van der Waals surface area contributed by atoms with Crippen molar-refractivity contribution in [2.24, 2.45) is 0 Å². The maximum Gasteiger partial charge on any atom is 0.346 e. The van der Waals surface area contributed by atoms with Crippen LogP contribution >= 0.6 is 11.3 Å². The fraction of sp³-hybridized carbons (Fsp3) is 0.545. The Labute approximate surface area is 116 Å². The van der Waals surface area contributed by atoms with E-state index < -0.39 is 16.0 Å². The van der Waals surface area contributed by atoms with Crippen molar-refractivity contribution in [2.45, 2.75) is 26.9 Å². The van der Waals surface area contributed by atoms with Crippen LogP contribution < -0.4 is 4.72 Å². The molecule has 19 heavy (non-hydrogen) atoms. The number of carboxylic acids is 1. The number of hydrogen-bond acceptors (Lipinski definition) is 5. The first-order chi connectivity index (χ1) is 8.71. The molecule has 0 saturated carbocycles. The third-order valence-corrected chi connectivity index (χ3v) is 4.68. The zero-order valence-electron chi connectivity index (χ0n) is 11.0. The second-order valence-corrected chi connectivity index (χ2v) is 7.16. The summed E-state index contributed by atoms with van der Waals surface area (Å²) >= 11 is 0.904. The molecule has 0 radical (unpaired) electrons. The molecule has 0 aromatic carbocycles. The van der Waals surface area contributed by atoms with Crippen molar-refractivity contribution < 1.29 is 23.1 Å². The molecule has 1 rings (SSSR count). The monoisotopic (exact) mass is 307 g/mol. The molecule has 0 aliphatic heterocycles. The standard InChI is InChI=1S/C11H17NO5S2/c1-7(2)17-4-5-19(15,16)12-9-6-8(3)10(18-9)11(13)14/h6-7,12H,4-5H2,1-3H3,(H,13,14). The number of thiophene rings is 1. The van der Waals surface area contributed by atoms with Crippen LogP contribution in [0.5, 0.6) is 0 Å². The molecule has 1 aromatic heterocycles. The van der Waals surface area contributed by atoms with Crippen molar-refractivity contribution in [2.75, 3.05) is 17.1 Å². The molecule has 0 saturated heterocycles. The lowest BCUT2D eigenvalue weighted by Gasteiger charge is -2.08. The fourth-order valence-electron chi connectivity index (χ4n) is 1.34. The summed E-state index contributed by atoms with van der Waals surface area (Å²) in [4.78, 5) is 11.0. The fourth-order valence-corrected chi connectivity index (χ4v) is 3.44. The maximum atomic E-state index is 11.7. The molecule has 2 N–H and O–H groups in total. The van der Waals surface area contributed by atoms with E-state index in [4.69, 9.17) is 9.84 Å². The van der Waals surface area contributed by atoms with Gasteiger partial charge in [-0.2, -0.15) is 0 Å². The van der Waals surface area contributed by atoms with Crippen LogP contribution in [0.1, 0.15) is 29.1 Å². The Balaban J connectivity index is 2.68. The third kappa shape index (κ3) is 5.17. The van der Waals surface area contributed by atoms with E-state index in [1.807, 2.05) is 13.8 Å². The Hall–Kier alpha value is -1.12. The van der Waals surface area contributed by atoms with Crippen LogP contribution in [-0.4, -0.2) is 38.0 Å². The molecule has 0 bridgehead atoms. The number of hydrogen-bond donors (Lipinski definition) is 2. The molecular formula is C11H17NO5S2. The quantitative estimate of drug-likeness (QED) is 0.803. The van der Waals surface area contributed by atoms with Crippen LogP contribution in [0.15, 0.2) is 6.07 Å². The van der Waals surface area contributed by atoms with Crippen LogP contribution in [-0.2, 0) is 14.8 Å². The summed E-state index contributed by atoms with van der Waals surface area (Å²) < 4.78 is 31.0. The summed E-state index contributed by atoms with van der Waals surface area (Å²) in [6.07, 6.45) is -0.0298. The highest BCUT2D eigenvalue weighted by Gasteiger charge is 2.16. The van der Waals surface area contributed by atoms with E-state index in [2.05, 4.69) is 4.72 Å². The van der Waals surface area contributed by atoms with Crippen LogP contribution in [0.2, 0.25) is 0 Å². The van der Waals surface area contributed by atoms with Gasteiger partial charge in [-0.05, 0) is 32.4 Å². The lowest BCUT2D eigenvalue weighted by molar-refractivity contribution is 0.0701. The van der Waals surface area contributed by atoms with Gasteiger partial charge in [0.1, 0.15) is 9.88 Å². The zero-order chi connectivity index (χ0) is 14.6. The summed E-state index contributed by atoms with van der Waals surface area (Å²) in [7, 11) is -3.52. The van der Waals surface area contributed by atoms with Crippen molar-refractivity contribution in [3.05, 3.63) is 16.5 Å². The molecular weight excluding hydrogens is 290 g/mol. The van der Waals surface area contributed by atoms with Crippen molar-refractivity contribution in [3.63, 3.8) is 0 Å². The molecule has 108 valence electrons. The topological polar surface area (TPSA) is 92.7 Å². The molecule has 0 amide bonds. The van der Waals surface area contributed by atoms with Gasteiger partial charge in [-0.15, -0.1) is 11.3 Å². The number of aryl methyl sites for hydroxylation is 1. The predicted molar refractivity (Wildman–Crippen MR) is 74.5 cm³/mol. The first-order valence-corrected chi connectivity index (χ1v) is 8.14. The van der Waals surface area contributed by atoms with E-state index in [9.17, 15) is 13.2 Å². The maximum absolute atomic E-state index is 11.7. The summed E-state index contributed by atoms with van der Waals surface area (Å²) in [5.41, 5.74) is 0.536. The number of nitrogens with one attached hydrogen (secondary N) is 1. The molecule has 0 unspecified atom stereocenters. The van der Waals surface area contributed by atoms with Gasteiger partial charge < -0.3 is 9.84 Å². The number of sulfonamides is 1. The van der Waals surface area contributed by atoms with Gasteiger partial charge in [-0.25, -0.2) is 13.2 Å². The van der Waals surface area contributed by atoms with E-state index in [0.717, 1.165) is 11.3 Å². The summed E-state index contributed by atoms with van der Waals surface area (Å²) in [5.74, 6) is -1.22. The van der Waals surface area contributed by atoms with Crippen molar-refractivity contribution >= 4 is 32.3 Å². The molecule has 1 heterocycles. The predicted octanol–water partition coefficient (Wildman–Crippen LogP) is 1.92. The normalized spacial score (nSPS) is 11.8. The first kappa shape index (κ1) is 15.9. The smallest absolute Gasteiger partial charge is 0.346 e. The van der Waals surface area contributed by atoms with Gasteiger partial charge in [0.05, 0.1) is 18.5 Å². The average Bonchev–Trinajstić information content (AvgIpc) is 2.57. The Bertz CT molecular complexity index is 547. The Morgan fingerprint density at radius 2 is 2.16 bits per heavy atom. The van der Waals surface area contributed by atoms with E-state index >= 15 is 0 Å². The van der Waals surface area contributed by atoms with Gasteiger partial charge in [0.2, 0.25) is 10.0 Å². The summed E-state index contributed by atoms with van der Waals surface area (Å²) in [6, 6.07) is 1.51. The van der Waals surface area contributed by atoms with Gasteiger partial charge in [0, 0.05) is 0 Å². The van der Waals surface area contributed by atoms with Crippen molar-refractivity contribution in [1.29, 1.82) is 0 Å². The molecule has 6 nitrogen and oxygen atoms in total. The molecule has 0 spiro atoms. The van der Waals surface area contributed by atoms with E-state index in [1.165, 1.54) is 6.07 Å². The van der Waals surface area contributed by atoms with Crippen molar-refractivity contribution in [3.8, 4) is 0 Å². The van der Waals surface area contributed by atoms with Crippen LogP contribution in [0.25, 0.3) is 0 Å². The Morgan fingerprint density at radius 1 is 1.53 bits per heavy atom. The van der Waals surface area contributed by atoms with Gasteiger partial charge in [0.25, 0.3) is 0 Å². The van der Waals surface area contributed by atoms with Crippen molar-refractivity contribution in [1.82, 2.24) is 0 Å². The number of ether oxygens (including phenoxy) is 1. The minimum atomic E-state index is -3.52. The minimum absolute atomic E-state index is 0.0298. The van der Waals surface area contributed by atoms with E-state index in [-0.39, 0.29) is 23.3 Å². The highest BCUT2D eigenvalue weighted by atomic mass is 32.2. The summed E-state index contributed by atoms with van der Waals surface area (Å²) in [6.45, 7) is 5.37. The molecule has 8 heteroatoms. The van der Waals surface area contributed by atoms with Gasteiger partial charge >= 0.3 is 5.97 Å². The largest absolute Gasteiger partial charge is 0.477 e. The van der Waals surface area contributed by atoms with Crippen LogP contribution in [0.4, 0.5) is 5.00 Å². The number of aromatic carboxylic acids is 1. The number of anilines is 1. The highest BCUT2D eigenvalue weighted by Crippen LogP contribution is 2.27. The van der Waals surface area contributed by atoms with Gasteiger partial charge in [-0.1, -0.05) is 0 Å². The lowest BCUT2D eigenvalue weighted by atomic mass is 10.3. The number of rotatable bonds is 7. The van der Waals surface area contributed by atoms with Crippen LogP contribution in [0, 0.1) is 6.92 Å². The van der Waals surface area contributed by atoms with Crippen LogP contribution in [0.3, 0.4) is 0 Å². The lowest BCUT2D eigenvalue weighted by Crippen LogP contribution is -2.21. The summed E-state index contributed by atoms with van der Waals surface area (Å²) in [5, 5.41) is 9.20. The number of carbonyl (C=O) groups is 1. The zero-order valence-corrected chi connectivity index (χ0v) is 12.6.